The molecule has 0 aliphatic carbocycles. The fourth-order valence-electron chi connectivity index (χ4n) is 9.07. The normalized spacial score (nSPS) is 10.8. The van der Waals surface area contributed by atoms with Gasteiger partial charge in [0.2, 0.25) is 0 Å². The van der Waals surface area contributed by atoms with E-state index in [0.29, 0.717) is 23.2 Å². The van der Waals surface area contributed by atoms with E-state index in [1.165, 1.54) is 146 Å². The summed E-state index contributed by atoms with van der Waals surface area (Å²) >= 11 is 2.50. The molecule has 2 aromatic heterocycles. The van der Waals surface area contributed by atoms with Crippen LogP contribution in [0, 0.1) is 45.4 Å². The first kappa shape index (κ1) is 67.7. The summed E-state index contributed by atoms with van der Waals surface area (Å²) in [5.41, 5.74) is 21.1. The maximum absolute atomic E-state index is 8.87. The van der Waals surface area contributed by atoms with Gasteiger partial charge in [-0.15, -0.1) is 0 Å². The molecular formula is C64H69BK3N2O6P. The van der Waals surface area contributed by atoms with Crippen LogP contribution >= 0.6 is 8.25 Å². The minimum absolute atomic E-state index is 0. The zero-order valence-corrected chi connectivity index (χ0v) is 57.7. The van der Waals surface area contributed by atoms with Gasteiger partial charge in [0.05, 0.1) is 22.4 Å². The number of aryl methyl sites for hydroxylation is 4. The molecule has 0 aliphatic heterocycles. The van der Waals surface area contributed by atoms with Crippen LogP contribution in [0.25, 0.3) is 66.6 Å². The standard InChI is InChI=1S/2C27H27N.C10H15BO2.3K.HO4P/c2*1-18(2)13-21-5-7-22(8-6-21)24-10-9-23-11-12-26(28-27(23)17-24)25-15-19(3)14-20(4)16-25;1-8(2)7-9-3-5-10(6-4-9)11(12)13;;;;1-4-5(2)3/h2*5-12,14-18H,13H2,1-4H3;3-6,8,12-13H,7H2,1-2H3;;;;1H/q;;;;;+1;/p-1. The van der Waals surface area contributed by atoms with Gasteiger partial charge in [0.25, 0.3) is 0 Å². The Morgan fingerprint density at radius 3 is 1.04 bits per heavy atom. The van der Waals surface area contributed by atoms with E-state index in [9.17, 15) is 0 Å². The van der Waals surface area contributed by atoms with Crippen LogP contribution in [0.3, 0.4) is 0 Å². The first-order valence-corrected chi connectivity index (χ1v) is 43.5. The second-order valence-corrected chi connectivity index (χ2v) is 21.2. The Bertz CT molecular complexity index is 3060. The van der Waals surface area contributed by atoms with E-state index in [2.05, 4.69) is 220 Å². The zero-order valence-electron chi connectivity index (χ0n) is 47.5. The number of hydrogen-bond donors (Lipinski definition) is 2. The zero-order chi connectivity index (χ0) is 55.5. The molecular weight excluding hydrogens is 1050 g/mol. The molecule has 77 heavy (non-hydrogen) atoms. The monoisotopic (exact) mass is 1120 g/mol. The Labute approximate surface area is 547 Å². The molecule has 2 N–H and O–H groups in total. The summed E-state index contributed by atoms with van der Waals surface area (Å²) in [5.74, 6) is 1.99. The molecule has 0 aliphatic rings. The van der Waals surface area contributed by atoms with Gasteiger partial charge in [-0.3, -0.25) is 0 Å². The average molecular weight is 1120 g/mol. The molecule has 0 spiro atoms. The van der Waals surface area contributed by atoms with Gasteiger partial charge in [-0.25, -0.2) is 14.6 Å². The van der Waals surface area contributed by atoms with Crippen LogP contribution in [-0.2, 0) is 28.5 Å². The van der Waals surface area contributed by atoms with E-state index in [0.717, 1.165) is 41.7 Å². The predicted octanol–water partition coefficient (Wildman–Crippen LogP) is 9.87. The van der Waals surface area contributed by atoms with E-state index in [4.69, 9.17) is 34.7 Å². The second-order valence-electron chi connectivity index (χ2n) is 20.6. The summed E-state index contributed by atoms with van der Waals surface area (Å²) in [4.78, 5) is 18.8. The number of pyridine rings is 2. The number of hydrogen-bond acceptors (Lipinski definition) is 8. The van der Waals surface area contributed by atoms with Gasteiger partial charge in [-0.05, 0) is 162 Å². The van der Waals surface area contributed by atoms with Crippen LogP contribution in [-0.4, -0.2) is 90.3 Å². The molecule has 1 unspecified atom stereocenters. The fraction of sp³-hybridized carbons (Fsp3) is 0.250. The minimum atomic E-state index is -3.15. The van der Waals surface area contributed by atoms with Gasteiger partial charge in [-0.2, -0.15) is 0 Å². The van der Waals surface area contributed by atoms with Crippen molar-refractivity contribution in [3.05, 3.63) is 209 Å². The molecule has 0 radical (unpaired) electrons. The van der Waals surface area contributed by atoms with E-state index >= 15 is 0 Å². The molecule has 0 bridgehead atoms. The molecule has 2 heterocycles. The Morgan fingerprint density at radius 2 is 0.753 bits per heavy atom. The van der Waals surface area contributed by atoms with Crippen molar-refractivity contribution >= 4 is 106 Å². The van der Waals surface area contributed by atoms with Crippen molar-refractivity contribution in [3.63, 3.8) is 0 Å². The van der Waals surface area contributed by atoms with Crippen LogP contribution in [0.2, 0.25) is 0 Å². The average Bonchev–Trinajstić information content (AvgIpc) is 3.38. The van der Waals surface area contributed by atoms with Crippen molar-refractivity contribution in [2.24, 2.45) is 17.8 Å². The third-order valence-electron chi connectivity index (χ3n) is 12.3. The third kappa shape index (κ3) is 22.8. The van der Waals surface area contributed by atoms with Crippen molar-refractivity contribution in [1.29, 1.82) is 0 Å². The number of rotatable bonds is 12. The van der Waals surface area contributed by atoms with Gasteiger partial charge in [0, 0.05) is 21.9 Å². The molecule has 0 amide bonds. The van der Waals surface area contributed by atoms with Crippen molar-refractivity contribution in [2.45, 2.75) is 88.5 Å². The van der Waals surface area contributed by atoms with E-state index in [1.807, 2.05) is 12.1 Å². The molecule has 7 aromatic carbocycles. The van der Waals surface area contributed by atoms with Gasteiger partial charge in [-0.1, -0.05) is 185 Å². The summed E-state index contributed by atoms with van der Waals surface area (Å²) in [6.45, 7) is 21.9. The predicted molar refractivity (Wildman–Crippen MR) is 316 cm³/mol. The summed E-state index contributed by atoms with van der Waals surface area (Å²) < 4.78 is 11.3. The van der Waals surface area contributed by atoms with Crippen LogP contribution < -0.4 is 67.0 Å². The molecule has 9 aromatic rings. The quantitative estimate of drug-likeness (QED) is 0.0534. The summed E-state index contributed by atoms with van der Waals surface area (Å²) in [7, 11) is -4.51. The number of nitrogens with zero attached hydrogens (tertiary/aromatic N) is 2. The number of aromatic nitrogens is 2. The number of benzene rings is 7. The van der Waals surface area contributed by atoms with Crippen molar-refractivity contribution in [2.75, 3.05) is 0 Å². The van der Waals surface area contributed by atoms with Crippen LogP contribution in [0.15, 0.2) is 170 Å². The first-order chi connectivity index (χ1) is 36.3. The van der Waals surface area contributed by atoms with Gasteiger partial charge in [0.1, 0.15) is 0 Å². The van der Waals surface area contributed by atoms with Crippen molar-refractivity contribution < 1.29 is 80.8 Å². The van der Waals surface area contributed by atoms with Gasteiger partial charge in [0.15, 0.2) is 0 Å². The van der Waals surface area contributed by atoms with E-state index in [1.54, 1.807) is 12.1 Å². The van der Waals surface area contributed by atoms with Crippen LogP contribution in [0.1, 0.15) is 80.5 Å². The fourth-order valence-corrected chi connectivity index (χ4v) is 9.07. The SMILES string of the molecule is CC(C)Cc1ccc(B(O)O)cc1.Cc1cc(C)cc(-c2ccc3ccc(-c4ccc(CC(C)C)cc4)cc3n2)c1.Cc1cc(C)cc(-c2ccc3ccc(-c4ccc(CC(C)C)cc4)cc3n2)c1.O=[P+]([O-])O[O-].[K+].[K][K]. The molecule has 382 valence electrons. The summed E-state index contributed by atoms with van der Waals surface area (Å²) in [5, 5.41) is 28.6. The van der Waals surface area contributed by atoms with Crippen LogP contribution in [0.5, 0.6) is 0 Å². The maximum atomic E-state index is 8.87. The molecule has 0 saturated carbocycles. The topological polar surface area (TPSA) is 139 Å². The molecule has 8 nitrogen and oxygen atoms in total. The van der Waals surface area contributed by atoms with E-state index in [-0.39, 0.29) is 51.4 Å². The summed E-state index contributed by atoms with van der Waals surface area (Å²) in [6.07, 6.45) is 3.28. The molecule has 0 fully saturated rings. The third-order valence-corrected chi connectivity index (χ3v) is 12.4. The Kier molecular flexibility index (Phi) is 30.5. The molecule has 1 atom stereocenters. The Balaban J connectivity index is 0.000000246. The molecule has 13 heteroatoms. The van der Waals surface area contributed by atoms with Crippen molar-refractivity contribution in [1.82, 2.24) is 9.97 Å². The molecule has 9 rings (SSSR count). The van der Waals surface area contributed by atoms with Gasteiger partial charge < -0.3 is 20.2 Å². The first-order valence-electron chi connectivity index (χ1n) is 26.4. The second kappa shape index (κ2) is 34.6. The Morgan fingerprint density at radius 1 is 0.468 bits per heavy atom. The van der Waals surface area contributed by atoms with Crippen LogP contribution in [0.4, 0.5) is 0 Å². The number of fused-ring (bicyclic) bond motifs is 2. The van der Waals surface area contributed by atoms with Crippen molar-refractivity contribution in [3.8, 4) is 44.8 Å². The van der Waals surface area contributed by atoms with E-state index < -0.39 is 15.4 Å². The Hall–Kier alpha value is -1.77. The molecule has 0 saturated heterocycles. The summed E-state index contributed by atoms with van der Waals surface area (Å²) in [6, 6.07) is 60.3. The van der Waals surface area contributed by atoms with Gasteiger partial charge >= 0.3 is 130 Å².